The van der Waals surface area contributed by atoms with Crippen molar-refractivity contribution >= 4 is 12.0 Å². The molecule has 0 heterocycles. The second-order valence-electron chi connectivity index (χ2n) is 5.22. The summed E-state index contributed by atoms with van der Waals surface area (Å²) < 4.78 is 0. The monoisotopic (exact) mass is 278 g/mol. The maximum absolute atomic E-state index is 11.1. The number of aryl methyl sites for hydroxylation is 1. The van der Waals surface area contributed by atoms with Gasteiger partial charge in [0.25, 0.3) is 0 Å². The number of nitrogens with one attached hydrogen (secondary N) is 1. The smallest absolute Gasteiger partial charge is 0.312 e. The van der Waals surface area contributed by atoms with Gasteiger partial charge in [0.15, 0.2) is 0 Å². The fourth-order valence-electron chi connectivity index (χ4n) is 1.95. The number of carbonyl (C=O) groups is 2. The Morgan fingerprint density at radius 3 is 2.30 bits per heavy atom. The second-order valence-corrected chi connectivity index (χ2v) is 5.22. The highest BCUT2D eigenvalue weighted by atomic mass is 16.4. The molecule has 5 nitrogen and oxygen atoms in total. The molecule has 0 spiro atoms. The van der Waals surface area contributed by atoms with Crippen LogP contribution >= 0.6 is 0 Å². The van der Waals surface area contributed by atoms with Crippen LogP contribution < -0.4 is 11.1 Å². The van der Waals surface area contributed by atoms with E-state index in [1.165, 1.54) is 5.56 Å². The molecular weight excluding hydrogens is 256 g/mol. The maximum atomic E-state index is 11.1. The van der Waals surface area contributed by atoms with Crippen molar-refractivity contribution < 1.29 is 14.7 Å². The third-order valence-corrected chi connectivity index (χ3v) is 3.30. The van der Waals surface area contributed by atoms with Crippen molar-refractivity contribution in [3.05, 3.63) is 35.4 Å². The van der Waals surface area contributed by atoms with Crippen LogP contribution in [0.2, 0.25) is 0 Å². The quantitative estimate of drug-likeness (QED) is 0.713. The number of urea groups is 1. The topological polar surface area (TPSA) is 92.4 Å². The lowest BCUT2D eigenvalue weighted by Gasteiger charge is -2.13. The fraction of sp³-hybridized carbons (Fsp3) is 0.467. The number of aliphatic carboxylic acids is 1. The Hall–Kier alpha value is -2.04. The first-order chi connectivity index (χ1) is 9.40. The van der Waals surface area contributed by atoms with E-state index in [2.05, 4.69) is 31.3 Å². The van der Waals surface area contributed by atoms with Crippen molar-refractivity contribution in [3.8, 4) is 0 Å². The minimum atomic E-state index is -0.919. The van der Waals surface area contributed by atoms with Gasteiger partial charge in [-0.1, -0.05) is 38.1 Å². The SMILES string of the molecule is CC(C)c1ccc(CCC(CNC(N)=O)C(=O)O)cc1. The van der Waals surface area contributed by atoms with E-state index >= 15 is 0 Å². The molecule has 0 fully saturated rings. The number of amides is 2. The predicted molar refractivity (Wildman–Crippen MR) is 77.6 cm³/mol. The van der Waals surface area contributed by atoms with Crippen molar-refractivity contribution in [1.82, 2.24) is 5.32 Å². The van der Waals surface area contributed by atoms with Crippen LogP contribution in [-0.4, -0.2) is 23.7 Å². The Balaban J connectivity index is 2.54. The minimum absolute atomic E-state index is 0.0642. The molecule has 0 aliphatic rings. The number of benzene rings is 1. The molecule has 1 aromatic carbocycles. The highest BCUT2D eigenvalue weighted by Gasteiger charge is 2.17. The number of carbonyl (C=O) groups excluding carboxylic acids is 1. The summed E-state index contributed by atoms with van der Waals surface area (Å²) in [5, 5.41) is 11.4. The molecule has 1 unspecified atom stereocenters. The minimum Gasteiger partial charge on any atom is -0.481 e. The first kappa shape index (κ1) is 16.0. The van der Waals surface area contributed by atoms with Crippen molar-refractivity contribution in [3.63, 3.8) is 0 Å². The highest BCUT2D eigenvalue weighted by molar-refractivity contribution is 5.74. The lowest BCUT2D eigenvalue weighted by molar-refractivity contribution is -0.141. The van der Waals surface area contributed by atoms with Crippen LogP contribution in [0.3, 0.4) is 0 Å². The van der Waals surface area contributed by atoms with Gasteiger partial charge in [-0.05, 0) is 29.9 Å². The molecule has 1 aromatic rings. The second kappa shape index (κ2) is 7.53. The third-order valence-electron chi connectivity index (χ3n) is 3.30. The molecule has 5 heteroatoms. The first-order valence-electron chi connectivity index (χ1n) is 6.75. The zero-order valence-corrected chi connectivity index (χ0v) is 11.9. The summed E-state index contributed by atoms with van der Waals surface area (Å²) in [6, 6.07) is 7.48. The van der Waals surface area contributed by atoms with Gasteiger partial charge in [-0.2, -0.15) is 0 Å². The fourth-order valence-corrected chi connectivity index (χ4v) is 1.95. The van der Waals surface area contributed by atoms with E-state index in [1.54, 1.807) is 0 Å². The molecule has 110 valence electrons. The van der Waals surface area contributed by atoms with Gasteiger partial charge < -0.3 is 16.2 Å². The predicted octanol–water partition coefficient (Wildman–Crippen LogP) is 2.11. The Morgan fingerprint density at radius 1 is 1.25 bits per heavy atom. The molecule has 0 aliphatic carbocycles. The van der Waals surface area contributed by atoms with Gasteiger partial charge >= 0.3 is 12.0 Å². The molecule has 1 rings (SSSR count). The van der Waals surface area contributed by atoms with E-state index in [9.17, 15) is 9.59 Å². The lowest BCUT2D eigenvalue weighted by atomic mass is 9.96. The molecule has 0 bridgehead atoms. The Labute approximate surface area is 119 Å². The standard InChI is InChI=1S/C15H22N2O3/c1-10(2)12-6-3-11(4-7-12)5-8-13(14(18)19)9-17-15(16)20/h3-4,6-7,10,13H,5,8-9H2,1-2H3,(H,18,19)(H3,16,17,20). The molecule has 0 saturated carbocycles. The molecular formula is C15H22N2O3. The zero-order chi connectivity index (χ0) is 15.1. The van der Waals surface area contributed by atoms with Gasteiger partial charge in [0, 0.05) is 6.54 Å². The molecule has 1 atom stereocenters. The van der Waals surface area contributed by atoms with Gasteiger partial charge in [-0.25, -0.2) is 4.79 Å². The Morgan fingerprint density at radius 2 is 1.85 bits per heavy atom. The number of carboxylic acid groups (broad SMARTS) is 1. The zero-order valence-electron chi connectivity index (χ0n) is 11.9. The van der Waals surface area contributed by atoms with E-state index < -0.39 is 17.9 Å². The van der Waals surface area contributed by atoms with Crippen LogP contribution in [0.15, 0.2) is 24.3 Å². The van der Waals surface area contributed by atoms with E-state index in [0.29, 0.717) is 18.8 Å². The summed E-state index contributed by atoms with van der Waals surface area (Å²) in [5.74, 6) is -1.06. The maximum Gasteiger partial charge on any atom is 0.312 e. The average Bonchev–Trinajstić information content (AvgIpc) is 2.38. The molecule has 20 heavy (non-hydrogen) atoms. The number of primary amides is 1. The van der Waals surface area contributed by atoms with Crippen molar-refractivity contribution in [2.24, 2.45) is 11.7 Å². The normalized spacial score (nSPS) is 12.2. The van der Waals surface area contributed by atoms with E-state index in [-0.39, 0.29) is 6.54 Å². The third kappa shape index (κ3) is 5.30. The average molecular weight is 278 g/mol. The summed E-state index contributed by atoms with van der Waals surface area (Å²) in [5.41, 5.74) is 7.31. The number of carboxylic acids is 1. The number of hydrogen-bond acceptors (Lipinski definition) is 2. The van der Waals surface area contributed by atoms with Crippen LogP contribution in [0, 0.1) is 5.92 Å². The van der Waals surface area contributed by atoms with Crippen molar-refractivity contribution in [2.75, 3.05) is 6.54 Å². The van der Waals surface area contributed by atoms with Gasteiger partial charge in [0.05, 0.1) is 5.92 Å². The summed E-state index contributed by atoms with van der Waals surface area (Å²) in [6.07, 6.45) is 1.13. The molecule has 0 aromatic heterocycles. The van der Waals surface area contributed by atoms with Crippen LogP contribution in [0.25, 0.3) is 0 Å². The Kier molecular flexibility index (Phi) is 6.03. The number of hydrogen-bond donors (Lipinski definition) is 3. The molecule has 0 aliphatic heterocycles. The summed E-state index contributed by atoms with van der Waals surface area (Å²) >= 11 is 0. The van der Waals surface area contributed by atoms with E-state index in [0.717, 1.165) is 5.56 Å². The first-order valence-corrected chi connectivity index (χ1v) is 6.75. The largest absolute Gasteiger partial charge is 0.481 e. The Bertz CT molecular complexity index is 455. The van der Waals surface area contributed by atoms with Gasteiger partial charge in [0.2, 0.25) is 0 Å². The van der Waals surface area contributed by atoms with Crippen molar-refractivity contribution in [1.29, 1.82) is 0 Å². The lowest BCUT2D eigenvalue weighted by Crippen LogP contribution is -2.36. The van der Waals surface area contributed by atoms with Gasteiger partial charge in [-0.15, -0.1) is 0 Å². The summed E-state index contributed by atoms with van der Waals surface area (Å²) in [4.78, 5) is 21.7. The van der Waals surface area contributed by atoms with E-state index in [4.69, 9.17) is 10.8 Å². The number of rotatable bonds is 7. The summed E-state index contributed by atoms with van der Waals surface area (Å²) in [7, 11) is 0. The van der Waals surface area contributed by atoms with Gasteiger partial charge in [0.1, 0.15) is 0 Å². The van der Waals surface area contributed by atoms with E-state index in [1.807, 2.05) is 12.1 Å². The van der Waals surface area contributed by atoms with Crippen molar-refractivity contribution in [2.45, 2.75) is 32.6 Å². The molecule has 0 radical (unpaired) electrons. The molecule has 2 amide bonds. The van der Waals surface area contributed by atoms with Crippen LogP contribution in [0.1, 0.15) is 37.3 Å². The highest BCUT2D eigenvalue weighted by Crippen LogP contribution is 2.16. The van der Waals surface area contributed by atoms with Crippen LogP contribution in [-0.2, 0) is 11.2 Å². The summed E-state index contributed by atoms with van der Waals surface area (Å²) in [6.45, 7) is 4.32. The number of nitrogens with two attached hydrogens (primary N) is 1. The van der Waals surface area contributed by atoms with Crippen LogP contribution in [0.4, 0.5) is 4.79 Å². The van der Waals surface area contributed by atoms with Crippen LogP contribution in [0.5, 0.6) is 0 Å². The molecule has 4 N–H and O–H groups in total. The van der Waals surface area contributed by atoms with Gasteiger partial charge in [-0.3, -0.25) is 4.79 Å². The molecule has 0 saturated heterocycles.